The van der Waals surface area contributed by atoms with Gasteiger partial charge in [0.05, 0.1) is 15.8 Å². The van der Waals surface area contributed by atoms with E-state index in [0.717, 1.165) is 24.3 Å². The van der Waals surface area contributed by atoms with Crippen LogP contribution in [0.25, 0.3) is 0 Å². The zero-order chi connectivity index (χ0) is 22.3. The Morgan fingerprint density at radius 2 is 1.06 bits per heavy atom. The van der Waals surface area contributed by atoms with Gasteiger partial charge in [0.2, 0.25) is 0 Å². The molecule has 0 atom stereocenters. The van der Waals surface area contributed by atoms with Crippen molar-refractivity contribution in [2.45, 2.75) is 26.5 Å². The average molecular weight is 453 g/mol. The second kappa shape index (κ2) is 10.4. The minimum atomic E-state index is -4.44. The first-order valence-electron chi connectivity index (χ1n) is 9.47. The molecule has 0 saturated carbocycles. The van der Waals surface area contributed by atoms with Crippen LogP contribution in [0.2, 0.25) is 0 Å². The predicted molar refractivity (Wildman–Crippen MR) is 121 cm³/mol. The first-order chi connectivity index (χ1) is 14.8. The van der Waals surface area contributed by atoms with E-state index in [1.807, 2.05) is 0 Å². The second-order valence-electron chi connectivity index (χ2n) is 6.65. The molecule has 4 aromatic carbocycles. The summed E-state index contributed by atoms with van der Waals surface area (Å²) >= 11 is 0. The van der Waals surface area contributed by atoms with Crippen LogP contribution in [0.5, 0.6) is 0 Å². The predicted octanol–water partition coefficient (Wildman–Crippen LogP) is 5.82. The van der Waals surface area contributed by atoms with Crippen LogP contribution in [0.1, 0.15) is 5.56 Å². The second-order valence-corrected chi connectivity index (χ2v) is 10.1. The lowest BCUT2D eigenvalue weighted by Crippen LogP contribution is -2.04. The zero-order valence-corrected chi connectivity index (χ0v) is 18.4. The zero-order valence-electron chi connectivity index (χ0n) is 16.8. The maximum Gasteiger partial charge on any atom is 0.166 e. The lowest BCUT2D eigenvalue weighted by molar-refractivity contribution is 0.463. The fourth-order valence-corrected chi connectivity index (χ4v) is 5.35. The van der Waals surface area contributed by atoms with Crippen molar-refractivity contribution in [2.24, 2.45) is 0 Å². The van der Waals surface area contributed by atoms with Crippen LogP contribution >= 0.6 is 0 Å². The molecule has 4 aromatic rings. The Balaban J connectivity index is 0.000000210. The van der Waals surface area contributed by atoms with Crippen LogP contribution in [-0.2, 0) is 21.0 Å². The molecule has 0 saturated heterocycles. The Hall–Kier alpha value is -2.93. The summed E-state index contributed by atoms with van der Waals surface area (Å²) in [4.78, 5) is 3.68. The smallest absolute Gasteiger partial charge is 0.166 e. The summed E-state index contributed by atoms with van der Waals surface area (Å²) in [5, 5.41) is 0. The monoisotopic (exact) mass is 452 g/mol. The van der Waals surface area contributed by atoms with Gasteiger partial charge in [0.15, 0.2) is 14.7 Å². The lowest BCUT2D eigenvalue weighted by Gasteiger charge is -2.07. The standard InChI is InChI=1S/C19H17S.C6H5FO3S/c1-16-12-14-19(15-13-16)20(17-8-4-2-5-9-17)18-10-6-3-7-11-18;7-5-1-3-6(4-2-5)11(8,9)10/h2-15H,1H3;1-4H,(H,8,9,10)/q+1;/p-1. The van der Waals surface area contributed by atoms with E-state index in [2.05, 4.69) is 91.9 Å². The van der Waals surface area contributed by atoms with Crippen LogP contribution in [0.3, 0.4) is 0 Å². The fourth-order valence-electron chi connectivity index (χ4n) is 2.80. The molecule has 6 heteroatoms. The molecule has 0 aliphatic heterocycles. The number of aryl methyl sites for hydroxylation is 1. The number of rotatable bonds is 4. The van der Waals surface area contributed by atoms with Crippen LogP contribution in [0, 0.1) is 12.7 Å². The highest BCUT2D eigenvalue weighted by Crippen LogP contribution is 2.30. The van der Waals surface area contributed by atoms with Gasteiger partial charge in [0.1, 0.15) is 15.9 Å². The molecule has 0 aromatic heterocycles. The Kier molecular flexibility index (Phi) is 7.63. The van der Waals surface area contributed by atoms with Gasteiger partial charge in [-0.25, -0.2) is 12.8 Å². The summed E-state index contributed by atoms with van der Waals surface area (Å²) in [7, 11) is -4.46. The van der Waals surface area contributed by atoms with Crippen molar-refractivity contribution >= 4 is 21.0 Å². The van der Waals surface area contributed by atoms with Gasteiger partial charge in [-0.3, -0.25) is 0 Å². The summed E-state index contributed by atoms with van der Waals surface area (Å²) in [5.74, 6) is -0.572. The maximum absolute atomic E-state index is 12.2. The van der Waals surface area contributed by atoms with Crippen molar-refractivity contribution in [3.8, 4) is 0 Å². The molecule has 0 unspecified atom stereocenters. The third-order valence-corrected chi connectivity index (χ3v) is 7.40. The largest absolute Gasteiger partial charge is 0.744 e. The summed E-state index contributed by atoms with van der Waals surface area (Å²) < 4.78 is 43.0. The van der Waals surface area contributed by atoms with Gasteiger partial charge < -0.3 is 4.55 Å². The van der Waals surface area contributed by atoms with Crippen molar-refractivity contribution < 1.29 is 17.4 Å². The normalized spacial score (nSPS) is 11.0. The van der Waals surface area contributed by atoms with Gasteiger partial charge >= 0.3 is 0 Å². The van der Waals surface area contributed by atoms with E-state index >= 15 is 0 Å². The van der Waals surface area contributed by atoms with Crippen molar-refractivity contribution in [2.75, 3.05) is 0 Å². The van der Waals surface area contributed by atoms with Crippen molar-refractivity contribution in [3.05, 3.63) is 121 Å². The minimum Gasteiger partial charge on any atom is -0.744 e. The van der Waals surface area contributed by atoms with E-state index in [1.165, 1.54) is 20.2 Å². The van der Waals surface area contributed by atoms with Crippen molar-refractivity contribution in [1.82, 2.24) is 0 Å². The summed E-state index contributed by atoms with van der Waals surface area (Å²) in [6.45, 7) is 2.13. The Morgan fingerprint density at radius 3 is 1.48 bits per heavy atom. The van der Waals surface area contributed by atoms with Gasteiger partial charge in [-0.2, -0.15) is 0 Å². The summed E-state index contributed by atoms with van der Waals surface area (Å²) in [6, 6.07) is 34.1. The van der Waals surface area contributed by atoms with Gasteiger partial charge in [0, 0.05) is 0 Å². The van der Waals surface area contributed by atoms with E-state index in [-0.39, 0.29) is 10.9 Å². The number of halogens is 1. The number of benzene rings is 4. The molecule has 0 aliphatic rings. The molecule has 0 fully saturated rings. The molecule has 0 radical (unpaired) electrons. The Bertz CT molecular complexity index is 1150. The molecular weight excluding hydrogens is 431 g/mol. The summed E-state index contributed by atoms with van der Waals surface area (Å²) in [5.41, 5.74) is 1.30. The Morgan fingerprint density at radius 1 is 0.645 bits per heavy atom. The average Bonchev–Trinajstić information content (AvgIpc) is 2.77. The van der Waals surface area contributed by atoms with E-state index < -0.39 is 20.8 Å². The molecule has 158 valence electrons. The molecule has 3 nitrogen and oxygen atoms in total. The van der Waals surface area contributed by atoms with Gasteiger partial charge in [-0.05, 0) is 67.6 Å². The minimum absolute atomic E-state index is 0.0229. The van der Waals surface area contributed by atoms with Gasteiger partial charge in [-0.15, -0.1) is 0 Å². The van der Waals surface area contributed by atoms with Crippen molar-refractivity contribution in [1.29, 1.82) is 0 Å². The van der Waals surface area contributed by atoms with Crippen LogP contribution in [-0.4, -0.2) is 13.0 Å². The van der Waals surface area contributed by atoms with E-state index in [9.17, 15) is 17.4 Å². The Labute approximate surface area is 185 Å². The molecule has 31 heavy (non-hydrogen) atoms. The highest BCUT2D eigenvalue weighted by atomic mass is 32.2. The topological polar surface area (TPSA) is 57.2 Å². The number of hydrogen-bond donors (Lipinski definition) is 0. The van der Waals surface area contributed by atoms with E-state index in [0.29, 0.717) is 0 Å². The van der Waals surface area contributed by atoms with E-state index in [4.69, 9.17) is 0 Å². The van der Waals surface area contributed by atoms with Crippen molar-refractivity contribution in [3.63, 3.8) is 0 Å². The highest BCUT2D eigenvalue weighted by Gasteiger charge is 2.27. The fraction of sp³-hybridized carbons (Fsp3) is 0.0400. The van der Waals surface area contributed by atoms with Gasteiger partial charge in [-0.1, -0.05) is 54.1 Å². The SMILES string of the molecule is Cc1ccc([S+](c2ccccc2)c2ccccc2)cc1.O=S(=O)([O-])c1ccc(F)cc1. The third kappa shape index (κ3) is 6.52. The molecule has 0 N–H and O–H groups in total. The van der Waals surface area contributed by atoms with Crippen LogP contribution < -0.4 is 0 Å². The molecular formula is C25H21FO3S2. The van der Waals surface area contributed by atoms with E-state index in [1.54, 1.807) is 0 Å². The quantitative estimate of drug-likeness (QED) is 0.290. The first-order valence-corrected chi connectivity index (χ1v) is 12.1. The third-order valence-electron chi connectivity index (χ3n) is 4.32. The molecule has 0 spiro atoms. The highest BCUT2D eigenvalue weighted by molar-refractivity contribution is 7.97. The molecule has 0 bridgehead atoms. The van der Waals surface area contributed by atoms with Gasteiger partial charge in [0.25, 0.3) is 0 Å². The molecule has 0 amide bonds. The molecule has 0 heterocycles. The lowest BCUT2D eigenvalue weighted by atomic mass is 10.2. The molecule has 4 rings (SSSR count). The summed E-state index contributed by atoms with van der Waals surface area (Å²) in [6.07, 6.45) is 0. The van der Waals surface area contributed by atoms with Crippen LogP contribution in [0.4, 0.5) is 4.39 Å². The number of hydrogen-bond acceptors (Lipinski definition) is 3. The van der Waals surface area contributed by atoms with Crippen LogP contribution in [0.15, 0.2) is 129 Å². The molecule has 0 aliphatic carbocycles. The maximum atomic E-state index is 12.2. The first kappa shape index (κ1) is 22.7.